The average molecular weight is 267 g/mol. The summed E-state index contributed by atoms with van der Waals surface area (Å²) in [5.41, 5.74) is 1.73. The van der Waals surface area contributed by atoms with Crippen LogP contribution in [0.1, 0.15) is 12.2 Å². The van der Waals surface area contributed by atoms with Crippen molar-refractivity contribution in [3.63, 3.8) is 0 Å². The molecule has 2 aromatic rings. The minimum absolute atomic E-state index is 0.0763. The topological polar surface area (TPSA) is 91.9 Å². The summed E-state index contributed by atoms with van der Waals surface area (Å²) in [5.74, 6) is 0.137. The van der Waals surface area contributed by atoms with Crippen LogP contribution in [-0.2, 0) is 21.2 Å². The van der Waals surface area contributed by atoms with Gasteiger partial charge in [0.1, 0.15) is 5.82 Å². The Kier molecular flexibility index (Phi) is 3.33. The minimum atomic E-state index is -3.48. The highest BCUT2D eigenvalue weighted by Gasteiger charge is 2.09. The maximum atomic E-state index is 11.3. The predicted molar refractivity (Wildman–Crippen MR) is 67.4 cm³/mol. The van der Waals surface area contributed by atoms with Crippen LogP contribution in [0.15, 0.2) is 24.3 Å². The zero-order valence-corrected chi connectivity index (χ0v) is 10.6. The van der Waals surface area contributed by atoms with Gasteiger partial charge in [-0.15, -0.1) is 0 Å². The monoisotopic (exact) mass is 267 g/mol. The Labute approximate surface area is 104 Å². The van der Waals surface area contributed by atoms with E-state index < -0.39 is 15.9 Å². The number of amides is 1. The van der Waals surface area contributed by atoms with E-state index in [1.165, 1.54) is 0 Å². The first kappa shape index (κ1) is 12.6. The van der Waals surface area contributed by atoms with E-state index in [9.17, 15) is 13.2 Å². The molecule has 0 saturated carbocycles. The molecule has 0 aliphatic rings. The van der Waals surface area contributed by atoms with Gasteiger partial charge < -0.3 is 4.98 Å². The molecule has 6 nitrogen and oxygen atoms in total. The van der Waals surface area contributed by atoms with Gasteiger partial charge in [-0.25, -0.2) is 13.4 Å². The van der Waals surface area contributed by atoms with Crippen LogP contribution in [0.4, 0.5) is 0 Å². The molecule has 0 saturated heterocycles. The Morgan fingerprint density at radius 3 is 2.78 bits per heavy atom. The van der Waals surface area contributed by atoms with Crippen molar-refractivity contribution in [3.8, 4) is 0 Å². The van der Waals surface area contributed by atoms with Crippen molar-refractivity contribution in [1.82, 2.24) is 14.7 Å². The second kappa shape index (κ2) is 4.77. The van der Waals surface area contributed by atoms with Crippen molar-refractivity contribution in [2.24, 2.45) is 0 Å². The van der Waals surface area contributed by atoms with Gasteiger partial charge in [0.05, 0.1) is 17.3 Å². The molecule has 0 aliphatic carbocycles. The molecule has 18 heavy (non-hydrogen) atoms. The molecule has 0 radical (unpaired) electrons. The number of benzene rings is 1. The van der Waals surface area contributed by atoms with Gasteiger partial charge >= 0.3 is 0 Å². The number of hydrogen-bond acceptors (Lipinski definition) is 4. The third-order valence-corrected chi connectivity index (χ3v) is 2.92. The number of para-hydroxylation sites is 2. The summed E-state index contributed by atoms with van der Waals surface area (Å²) in [6.45, 7) is 0. The van der Waals surface area contributed by atoms with E-state index in [1.54, 1.807) is 0 Å². The molecule has 96 valence electrons. The number of carbonyl (C=O) groups excluding carboxylic acids is 1. The Balaban J connectivity index is 2.00. The quantitative estimate of drug-likeness (QED) is 0.847. The summed E-state index contributed by atoms with van der Waals surface area (Å²) in [6.07, 6.45) is 1.40. The van der Waals surface area contributed by atoms with Gasteiger partial charge in [-0.3, -0.25) is 9.52 Å². The number of nitrogens with one attached hydrogen (secondary N) is 2. The molecule has 0 atom stereocenters. The molecule has 1 aromatic heterocycles. The number of H-pyrrole nitrogens is 1. The fourth-order valence-corrected chi connectivity index (χ4v) is 2.13. The maximum absolute atomic E-state index is 11.3. The number of aromatic amines is 1. The Hall–Kier alpha value is -1.89. The number of fused-ring (bicyclic) bond motifs is 1. The zero-order chi connectivity index (χ0) is 13.2. The molecule has 2 N–H and O–H groups in total. The molecule has 0 aliphatic heterocycles. The van der Waals surface area contributed by atoms with Gasteiger partial charge in [0, 0.05) is 12.8 Å². The highest BCUT2D eigenvalue weighted by Crippen LogP contribution is 2.11. The van der Waals surface area contributed by atoms with E-state index in [1.807, 2.05) is 29.0 Å². The lowest BCUT2D eigenvalue weighted by molar-refractivity contribution is -0.119. The molecule has 7 heteroatoms. The van der Waals surface area contributed by atoms with Gasteiger partial charge in [0.15, 0.2) is 0 Å². The first-order chi connectivity index (χ1) is 8.44. The van der Waals surface area contributed by atoms with Crippen LogP contribution in [0.2, 0.25) is 0 Å². The van der Waals surface area contributed by atoms with E-state index in [-0.39, 0.29) is 6.42 Å². The third-order valence-electron chi connectivity index (χ3n) is 2.33. The van der Waals surface area contributed by atoms with E-state index in [0.29, 0.717) is 12.2 Å². The molecule has 2 rings (SSSR count). The second-order valence-corrected chi connectivity index (χ2v) is 5.75. The number of sulfonamides is 1. The largest absolute Gasteiger partial charge is 0.342 e. The number of rotatable bonds is 4. The van der Waals surface area contributed by atoms with Crippen molar-refractivity contribution < 1.29 is 13.2 Å². The number of imidazole rings is 1. The third kappa shape index (κ3) is 3.30. The molecule has 0 spiro atoms. The lowest BCUT2D eigenvalue weighted by atomic mass is 10.3. The number of nitrogens with zero attached hydrogens (tertiary/aromatic N) is 1. The van der Waals surface area contributed by atoms with Crippen molar-refractivity contribution in [2.75, 3.05) is 6.26 Å². The normalized spacial score (nSPS) is 11.6. The lowest BCUT2D eigenvalue weighted by Crippen LogP contribution is -2.29. The van der Waals surface area contributed by atoms with E-state index in [0.717, 1.165) is 17.3 Å². The molecule has 1 aromatic carbocycles. The van der Waals surface area contributed by atoms with Crippen LogP contribution in [0, 0.1) is 0 Å². The fraction of sp³-hybridized carbons (Fsp3) is 0.273. The number of aromatic nitrogens is 2. The van der Waals surface area contributed by atoms with Crippen LogP contribution in [0.5, 0.6) is 0 Å². The van der Waals surface area contributed by atoms with Crippen molar-refractivity contribution in [1.29, 1.82) is 0 Å². The highest BCUT2D eigenvalue weighted by atomic mass is 32.2. The summed E-state index contributed by atoms with van der Waals surface area (Å²) in [4.78, 5) is 18.7. The number of aryl methyl sites for hydroxylation is 1. The lowest BCUT2D eigenvalue weighted by Gasteiger charge is -2.00. The Morgan fingerprint density at radius 2 is 2.11 bits per heavy atom. The summed E-state index contributed by atoms with van der Waals surface area (Å²) >= 11 is 0. The smallest absolute Gasteiger partial charge is 0.233 e. The van der Waals surface area contributed by atoms with Gasteiger partial charge in [-0.2, -0.15) is 0 Å². The van der Waals surface area contributed by atoms with E-state index in [2.05, 4.69) is 9.97 Å². The molecule has 0 bridgehead atoms. The first-order valence-corrected chi connectivity index (χ1v) is 7.27. The molecule has 0 unspecified atom stereocenters. The van der Waals surface area contributed by atoms with Crippen molar-refractivity contribution in [2.45, 2.75) is 12.8 Å². The molecule has 1 heterocycles. The predicted octanol–water partition coefficient (Wildman–Crippen LogP) is 0.571. The van der Waals surface area contributed by atoms with Gasteiger partial charge in [0.25, 0.3) is 0 Å². The Bertz CT molecular complexity index is 643. The molecular formula is C11H13N3O3S. The van der Waals surface area contributed by atoms with Gasteiger partial charge in [-0.1, -0.05) is 12.1 Å². The maximum Gasteiger partial charge on any atom is 0.233 e. The number of hydrogen-bond donors (Lipinski definition) is 2. The van der Waals surface area contributed by atoms with Crippen LogP contribution < -0.4 is 4.72 Å². The first-order valence-electron chi connectivity index (χ1n) is 5.38. The second-order valence-electron chi connectivity index (χ2n) is 4.00. The van der Waals surface area contributed by atoms with Crippen LogP contribution in [0.25, 0.3) is 11.0 Å². The molecule has 0 fully saturated rings. The van der Waals surface area contributed by atoms with E-state index in [4.69, 9.17) is 0 Å². The van der Waals surface area contributed by atoms with E-state index >= 15 is 0 Å². The standard InChI is InChI=1S/C11H13N3O3S/c1-18(16,17)14-11(15)7-6-10-12-8-4-2-3-5-9(8)13-10/h2-5H,6-7H2,1H3,(H,12,13)(H,14,15). The van der Waals surface area contributed by atoms with Gasteiger partial charge in [-0.05, 0) is 12.1 Å². The van der Waals surface area contributed by atoms with Crippen molar-refractivity contribution in [3.05, 3.63) is 30.1 Å². The molecule has 1 amide bonds. The Morgan fingerprint density at radius 1 is 1.39 bits per heavy atom. The average Bonchev–Trinajstić information content (AvgIpc) is 2.66. The summed E-state index contributed by atoms with van der Waals surface area (Å²) in [7, 11) is -3.48. The summed E-state index contributed by atoms with van der Waals surface area (Å²) in [5, 5.41) is 0. The highest BCUT2D eigenvalue weighted by molar-refractivity contribution is 7.89. The summed E-state index contributed by atoms with van der Waals surface area (Å²) < 4.78 is 23.6. The number of carbonyl (C=O) groups is 1. The fourth-order valence-electron chi connectivity index (χ4n) is 1.61. The van der Waals surface area contributed by atoms with Crippen molar-refractivity contribution >= 4 is 27.0 Å². The molecular weight excluding hydrogens is 254 g/mol. The van der Waals surface area contributed by atoms with Gasteiger partial charge in [0.2, 0.25) is 15.9 Å². The van der Waals surface area contributed by atoms with Crippen LogP contribution >= 0.6 is 0 Å². The van der Waals surface area contributed by atoms with Crippen LogP contribution in [-0.4, -0.2) is 30.5 Å². The minimum Gasteiger partial charge on any atom is -0.342 e. The van der Waals surface area contributed by atoms with Crippen LogP contribution in [0.3, 0.4) is 0 Å². The SMILES string of the molecule is CS(=O)(=O)NC(=O)CCc1nc2ccccc2[nH]1. The zero-order valence-electron chi connectivity index (χ0n) is 9.80. The summed E-state index contributed by atoms with van der Waals surface area (Å²) in [6, 6.07) is 7.53.